The number of nitriles is 1. The number of benzene rings is 1. The largest absolute Gasteiger partial charge is 0.406 e. The van der Waals surface area contributed by atoms with Crippen LogP contribution in [0.2, 0.25) is 0 Å². The maximum atomic E-state index is 13.4. The molecule has 1 unspecified atom stereocenters. The smallest absolute Gasteiger partial charge is 0.364 e. The molecular formula is C28H31F3N8O. The number of nitrogens with zero attached hydrogens (tertiary/aromatic N) is 8. The van der Waals surface area contributed by atoms with E-state index in [4.69, 9.17) is 0 Å². The van der Waals surface area contributed by atoms with E-state index in [1.54, 1.807) is 12.4 Å². The molecule has 0 radical (unpaired) electrons. The summed E-state index contributed by atoms with van der Waals surface area (Å²) in [6.45, 7) is 6.06. The van der Waals surface area contributed by atoms with Gasteiger partial charge in [0.05, 0.1) is 34.5 Å². The second-order valence-corrected chi connectivity index (χ2v) is 10.2. The number of anilines is 1. The molecule has 3 aromatic heterocycles. The third-order valence-electron chi connectivity index (χ3n) is 7.84. The Morgan fingerprint density at radius 1 is 1.07 bits per heavy atom. The van der Waals surface area contributed by atoms with Crippen LogP contribution in [0, 0.1) is 11.3 Å². The Morgan fingerprint density at radius 2 is 1.80 bits per heavy atom. The van der Waals surface area contributed by atoms with E-state index in [9.17, 15) is 23.2 Å². The van der Waals surface area contributed by atoms with E-state index in [-0.39, 0.29) is 30.2 Å². The Labute approximate surface area is 229 Å². The Kier molecular flexibility index (Phi) is 7.51. The molecule has 1 aliphatic heterocycles. The zero-order valence-electron chi connectivity index (χ0n) is 22.6. The summed E-state index contributed by atoms with van der Waals surface area (Å²) in [5, 5.41) is 13.6. The summed E-state index contributed by atoms with van der Waals surface area (Å²) in [6.07, 6.45) is 1.72. The standard InChI is InChI=1S/C28H31F3N8O/c1-4-20-15-38(21(5-2)14-37(20)18(3)19-6-7-22-23(12-19)34-10-9-33-22)24-13-26(40)39(17-28(29,30)31)25-16-36(11-8-32)35-27(24)25/h6-7,9-10,12-13,16,18,20-21H,4-5,11,14-15,17H2,1-3H3/t18?,20-,21+/m1/s1. The quantitative estimate of drug-likeness (QED) is 0.329. The topological polar surface area (TPSA) is 95.9 Å². The Hall–Kier alpha value is -3.98. The van der Waals surface area contributed by atoms with Gasteiger partial charge in [-0.3, -0.25) is 28.9 Å². The minimum Gasteiger partial charge on any atom is -0.364 e. The van der Waals surface area contributed by atoms with Crippen molar-refractivity contribution in [2.45, 2.75) is 71.0 Å². The van der Waals surface area contributed by atoms with Gasteiger partial charge in [-0.15, -0.1) is 0 Å². The van der Waals surface area contributed by atoms with Gasteiger partial charge in [0, 0.05) is 49.7 Å². The first-order chi connectivity index (χ1) is 19.1. The fraction of sp³-hybridized carbons (Fsp3) is 0.464. The molecule has 9 nitrogen and oxygen atoms in total. The SMILES string of the molecule is CC[C@H]1CN(C(C)c2ccc3nccnc3c2)[C@H](CC)CN1c1cc(=O)n(CC(F)(F)F)c2cn(CC#N)nc12. The van der Waals surface area contributed by atoms with Gasteiger partial charge < -0.3 is 4.90 Å². The zero-order valence-corrected chi connectivity index (χ0v) is 22.6. The summed E-state index contributed by atoms with van der Waals surface area (Å²) in [5.41, 5.74) is 2.93. The molecule has 0 spiro atoms. The highest BCUT2D eigenvalue weighted by atomic mass is 19.4. The molecular weight excluding hydrogens is 521 g/mol. The van der Waals surface area contributed by atoms with Crippen molar-refractivity contribution in [2.24, 2.45) is 0 Å². The highest BCUT2D eigenvalue weighted by Crippen LogP contribution is 2.35. The molecule has 3 atom stereocenters. The summed E-state index contributed by atoms with van der Waals surface area (Å²) in [7, 11) is 0. The molecule has 5 rings (SSSR count). The fourth-order valence-electron chi connectivity index (χ4n) is 5.77. The molecule has 4 heterocycles. The van der Waals surface area contributed by atoms with E-state index in [2.05, 4.69) is 57.8 Å². The van der Waals surface area contributed by atoms with Crippen LogP contribution in [0.1, 0.15) is 45.2 Å². The lowest BCUT2D eigenvalue weighted by atomic mass is 9.96. The first-order valence-electron chi connectivity index (χ1n) is 13.4. The van der Waals surface area contributed by atoms with Crippen molar-refractivity contribution < 1.29 is 13.2 Å². The number of fused-ring (bicyclic) bond motifs is 2. The first-order valence-corrected chi connectivity index (χ1v) is 13.4. The number of hydrogen-bond donors (Lipinski definition) is 0. The molecule has 0 N–H and O–H groups in total. The van der Waals surface area contributed by atoms with Gasteiger partial charge in [-0.2, -0.15) is 23.5 Å². The molecule has 210 valence electrons. The van der Waals surface area contributed by atoms with Crippen molar-refractivity contribution >= 4 is 27.8 Å². The fourth-order valence-corrected chi connectivity index (χ4v) is 5.77. The summed E-state index contributed by atoms with van der Waals surface area (Å²) in [6, 6.07) is 9.56. The summed E-state index contributed by atoms with van der Waals surface area (Å²) in [4.78, 5) is 26.5. The average Bonchev–Trinajstić information content (AvgIpc) is 3.36. The van der Waals surface area contributed by atoms with Gasteiger partial charge in [-0.25, -0.2) is 0 Å². The van der Waals surface area contributed by atoms with Gasteiger partial charge in [-0.1, -0.05) is 19.9 Å². The van der Waals surface area contributed by atoms with Crippen LogP contribution in [-0.4, -0.2) is 60.6 Å². The van der Waals surface area contributed by atoms with Gasteiger partial charge in [-0.05, 0) is 37.5 Å². The Balaban J connectivity index is 1.53. The monoisotopic (exact) mass is 552 g/mol. The number of halogens is 3. The molecule has 4 aromatic rings. The molecule has 40 heavy (non-hydrogen) atoms. The molecule has 1 saturated heterocycles. The second-order valence-electron chi connectivity index (χ2n) is 10.2. The molecule has 0 bridgehead atoms. The normalized spacial score (nSPS) is 19.3. The molecule has 0 amide bonds. The highest BCUT2D eigenvalue weighted by molar-refractivity contribution is 5.88. The third kappa shape index (κ3) is 5.25. The highest BCUT2D eigenvalue weighted by Gasteiger charge is 2.37. The van der Waals surface area contributed by atoms with Gasteiger partial charge >= 0.3 is 6.18 Å². The van der Waals surface area contributed by atoms with Crippen LogP contribution in [0.3, 0.4) is 0 Å². The second kappa shape index (κ2) is 10.9. The van der Waals surface area contributed by atoms with E-state index in [1.165, 1.54) is 16.9 Å². The summed E-state index contributed by atoms with van der Waals surface area (Å²) >= 11 is 0. The number of hydrogen-bond acceptors (Lipinski definition) is 7. The minimum atomic E-state index is -4.58. The molecule has 1 aliphatic rings. The molecule has 0 aliphatic carbocycles. The molecule has 1 aromatic carbocycles. The van der Waals surface area contributed by atoms with Crippen molar-refractivity contribution in [2.75, 3.05) is 18.0 Å². The van der Waals surface area contributed by atoms with E-state index in [1.807, 2.05) is 12.1 Å². The van der Waals surface area contributed by atoms with Crippen LogP contribution in [0.5, 0.6) is 0 Å². The van der Waals surface area contributed by atoms with E-state index < -0.39 is 18.3 Å². The van der Waals surface area contributed by atoms with Crippen molar-refractivity contribution in [1.29, 1.82) is 5.26 Å². The summed E-state index contributed by atoms with van der Waals surface area (Å²) < 4.78 is 42.1. The lowest BCUT2D eigenvalue weighted by Crippen LogP contribution is -2.58. The van der Waals surface area contributed by atoms with Crippen molar-refractivity contribution in [1.82, 2.24) is 29.2 Å². The van der Waals surface area contributed by atoms with Gasteiger partial charge in [0.15, 0.2) is 0 Å². The van der Waals surface area contributed by atoms with E-state index in [0.29, 0.717) is 28.9 Å². The van der Waals surface area contributed by atoms with E-state index in [0.717, 1.165) is 29.4 Å². The molecule has 1 fully saturated rings. The zero-order chi connectivity index (χ0) is 28.6. The number of aromatic nitrogens is 5. The third-order valence-corrected chi connectivity index (χ3v) is 7.84. The van der Waals surface area contributed by atoms with Crippen LogP contribution in [0.15, 0.2) is 47.7 Å². The predicted octanol–water partition coefficient (Wildman–Crippen LogP) is 4.67. The van der Waals surface area contributed by atoms with Crippen LogP contribution in [-0.2, 0) is 13.1 Å². The van der Waals surface area contributed by atoms with Gasteiger partial charge in [0.1, 0.15) is 18.6 Å². The summed E-state index contributed by atoms with van der Waals surface area (Å²) in [5.74, 6) is 0. The predicted molar refractivity (Wildman–Crippen MR) is 146 cm³/mol. The van der Waals surface area contributed by atoms with E-state index >= 15 is 0 Å². The number of pyridine rings is 1. The maximum Gasteiger partial charge on any atom is 0.406 e. The number of alkyl halides is 3. The first kappa shape index (κ1) is 27.6. The van der Waals surface area contributed by atoms with Crippen molar-refractivity contribution in [3.63, 3.8) is 0 Å². The Bertz CT molecular complexity index is 1620. The van der Waals surface area contributed by atoms with Gasteiger partial charge in [0.2, 0.25) is 0 Å². The van der Waals surface area contributed by atoms with Crippen LogP contribution in [0.25, 0.3) is 22.1 Å². The lowest BCUT2D eigenvalue weighted by Gasteiger charge is -2.49. The van der Waals surface area contributed by atoms with Crippen LogP contribution < -0.4 is 10.5 Å². The van der Waals surface area contributed by atoms with Crippen molar-refractivity contribution in [3.8, 4) is 6.07 Å². The minimum absolute atomic E-state index is 0.00678. The average molecular weight is 553 g/mol. The maximum absolute atomic E-state index is 13.4. The number of piperazine rings is 1. The number of rotatable bonds is 7. The van der Waals surface area contributed by atoms with Gasteiger partial charge in [0.25, 0.3) is 5.56 Å². The van der Waals surface area contributed by atoms with Crippen molar-refractivity contribution in [3.05, 3.63) is 58.8 Å². The van der Waals surface area contributed by atoms with Crippen LogP contribution >= 0.6 is 0 Å². The van der Waals surface area contributed by atoms with Crippen LogP contribution in [0.4, 0.5) is 18.9 Å². The molecule has 0 saturated carbocycles. The molecule has 12 heteroatoms. The lowest BCUT2D eigenvalue weighted by molar-refractivity contribution is -0.140. The Morgan fingerprint density at radius 3 is 2.48 bits per heavy atom.